The van der Waals surface area contributed by atoms with Crippen LogP contribution in [0.2, 0.25) is 0 Å². The summed E-state index contributed by atoms with van der Waals surface area (Å²) in [6.45, 7) is 3.13. The number of aromatic nitrogens is 1. The van der Waals surface area contributed by atoms with Gasteiger partial charge in [0, 0.05) is 32.1 Å². The van der Waals surface area contributed by atoms with Gasteiger partial charge in [-0.05, 0) is 25.0 Å². The molecule has 3 heterocycles. The highest BCUT2D eigenvalue weighted by Crippen LogP contribution is 2.32. The van der Waals surface area contributed by atoms with Crippen molar-refractivity contribution >= 4 is 28.3 Å². The lowest BCUT2D eigenvalue weighted by Crippen LogP contribution is -2.46. The molecule has 0 bridgehead atoms. The van der Waals surface area contributed by atoms with E-state index in [0.29, 0.717) is 54.9 Å². The van der Waals surface area contributed by atoms with Crippen molar-refractivity contribution in [2.24, 2.45) is 11.1 Å². The first kappa shape index (κ1) is 18.6. The summed E-state index contributed by atoms with van der Waals surface area (Å²) in [5, 5.41) is 7.87. The van der Waals surface area contributed by atoms with Crippen molar-refractivity contribution in [1.82, 2.24) is 10.3 Å². The fourth-order valence-electron chi connectivity index (χ4n) is 2.78. The number of thiazole rings is 1. The molecule has 9 heteroatoms. The molecule has 1 aliphatic heterocycles. The Morgan fingerprint density at radius 1 is 1.35 bits per heavy atom. The predicted molar refractivity (Wildman–Crippen MR) is 97.5 cm³/mol. The summed E-state index contributed by atoms with van der Waals surface area (Å²) in [6, 6.07) is 3.58. The Morgan fingerprint density at radius 2 is 2.12 bits per heavy atom. The third-order valence-electron chi connectivity index (χ3n) is 4.47. The van der Waals surface area contributed by atoms with Crippen molar-refractivity contribution in [3.05, 3.63) is 23.3 Å². The summed E-state index contributed by atoms with van der Waals surface area (Å²) >= 11 is 1.33. The number of nitrogens with one attached hydrogen (secondary N) is 2. The number of ether oxygens (including phenoxy) is 1. The molecule has 26 heavy (non-hydrogen) atoms. The molecule has 1 aliphatic rings. The van der Waals surface area contributed by atoms with Gasteiger partial charge in [-0.3, -0.25) is 9.59 Å². The van der Waals surface area contributed by atoms with Crippen molar-refractivity contribution in [2.45, 2.75) is 26.3 Å². The predicted octanol–water partition coefficient (Wildman–Crippen LogP) is 1.73. The van der Waals surface area contributed by atoms with Gasteiger partial charge in [0.1, 0.15) is 11.5 Å². The van der Waals surface area contributed by atoms with Crippen LogP contribution in [0.4, 0.5) is 5.13 Å². The standard InChI is InChI=1S/C17H22N4O4S/c1-11(22)19-8-12-2-3-14(25-12)13-9-26-16(20-13)21-15(23)17(10-18)4-6-24-7-5-17/h2-3,9H,4-8,10,18H2,1H3,(H,19,22)(H,20,21,23). The van der Waals surface area contributed by atoms with Crippen molar-refractivity contribution in [2.75, 3.05) is 25.1 Å². The molecule has 2 aromatic heterocycles. The average molecular weight is 378 g/mol. The normalized spacial score (nSPS) is 16.2. The van der Waals surface area contributed by atoms with Crippen LogP contribution in [0.3, 0.4) is 0 Å². The van der Waals surface area contributed by atoms with Gasteiger partial charge in [0.25, 0.3) is 0 Å². The van der Waals surface area contributed by atoms with Gasteiger partial charge < -0.3 is 25.5 Å². The van der Waals surface area contributed by atoms with Crippen LogP contribution in [0, 0.1) is 5.41 Å². The van der Waals surface area contributed by atoms with Crippen LogP contribution in [-0.4, -0.2) is 36.6 Å². The molecule has 0 atom stereocenters. The van der Waals surface area contributed by atoms with Crippen LogP contribution in [0.15, 0.2) is 21.9 Å². The minimum Gasteiger partial charge on any atom is -0.458 e. The van der Waals surface area contributed by atoms with Crippen LogP contribution >= 0.6 is 11.3 Å². The topological polar surface area (TPSA) is 119 Å². The average Bonchev–Trinajstić information content (AvgIpc) is 3.29. The number of nitrogens with zero attached hydrogens (tertiary/aromatic N) is 1. The zero-order chi connectivity index (χ0) is 18.6. The van der Waals surface area contributed by atoms with E-state index in [4.69, 9.17) is 14.9 Å². The van der Waals surface area contributed by atoms with Gasteiger partial charge in [-0.2, -0.15) is 0 Å². The fraction of sp³-hybridized carbons (Fsp3) is 0.471. The van der Waals surface area contributed by atoms with Crippen LogP contribution < -0.4 is 16.4 Å². The van der Waals surface area contributed by atoms with E-state index in [0.717, 1.165) is 0 Å². The molecule has 0 unspecified atom stereocenters. The minimum atomic E-state index is -0.597. The third kappa shape index (κ3) is 4.12. The van der Waals surface area contributed by atoms with Crippen LogP contribution in [-0.2, 0) is 20.9 Å². The van der Waals surface area contributed by atoms with E-state index in [1.807, 2.05) is 5.38 Å². The van der Waals surface area contributed by atoms with Gasteiger partial charge in [-0.25, -0.2) is 4.98 Å². The molecule has 2 amide bonds. The van der Waals surface area contributed by atoms with Crippen molar-refractivity contribution in [1.29, 1.82) is 0 Å². The zero-order valence-corrected chi connectivity index (χ0v) is 15.4. The number of anilines is 1. The molecule has 0 aliphatic carbocycles. The Morgan fingerprint density at radius 3 is 2.81 bits per heavy atom. The molecule has 4 N–H and O–H groups in total. The number of nitrogens with two attached hydrogens (primary N) is 1. The Hall–Kier alpha value is -2.23. The first-order valence-electron chi connectivity index (χ1n) is 8.41. The second-order valence-corrected chi connectivity index (χ2v) is 7.12. The molecular weight excluding hydrogens is 356 g/mol. The van der Waals surface area contributed by atoms with E-state index in [1.54, 1.807) is 12.1 Å². The summed E-state index contributed by atoms with van der Waals surface area (Å²) in [5.41, 5.74) is 5.90. The highest BCUT2D eigenvalue weighted by atomic mass is 32.1. The number of carbonyl (C=O) groups excluding carboxylic acids is 2. The second-order valence-electron chi connectivity index (χ2n) is 6.26. The summed E-state index contributed by atoms with van der Waals surface area (Å²) in [6.07, 6.45) is 1.22. The lowest BCUT2D eigenvalue weighted by molar-refractivity contribution is -0.130. The summed E-state index contributed by atoms with van der Waals surface area (Å²) in [5.74, 6) is 0.985. The Kier molecular flexibility index (Phi) is 5.70. The number of rotatable bonds is 6. The van der Waals surface area contributed by atoms with E-state index in [2.05, 4.69) is 15.6 Å². The first-order valence-corrected chi connectivity index (χ1v) is 9.29. The lowest BCUT2D eigenvalue weighted by Gasteiger charge is -2.34. The number of hydrogen-bond acceptors (Lipinski definition) is 7. The second kappa shape index (κ2) is 7.98. The molecule has 0 spiro atoms. The summed E-state index contributed by atoms with van der Waals surface area (Å²) in [7, 11) is 0. The maximum absolute atomic E-state index is 12.7. The van der Waals surface area contributed by atoms with Crippen molar-refractivity contribution < 1.29 is 18.7 Å². The fourth-order valence-corrected chi connectivity index (χ4v) is 3.48. The minimum absolute atomic E-state index is 0.116. The van der Waals surface area contributed by atoms with E-state index < -0.39 is 5.41 Å². The largest absolute Gasteiger partial charge is 0.458 e. The highest BCUT2D eigenvalue weighted by molar-refractivity contribution is 7.14. The smallest absolute Gasteiger partial charge is 0.233 e. The van der Waals surface area contributed by atoms with Crippen LogP contribution in [0.5, 0.6) is 0 Å². The zero-order valence-electron chi connectivity index (χ0n) is 14.5. The van der Waals surface area contributed by atoms with E-state index >= 15 is 0 Å². The van der Waals surface area contributed by atoms with E-state index in [1.165, 1.54) is 18.3 Å². The Labute approximate surface area is 155 Å². The van der Waals surface area contributed by atoms with Crippen LogP contribution in [0.25, 0.3) is 11.5 Å². The lowest BCUT2D eigenvalue weighted by atomic mass is 9.79. The molecule has 8 nitrogen and oxygen atoms in total. The van der Waals surface area contributed by atoms with Crippen molar-refractivity contribution in [3.63, 3.8) is 0 Å². The van der Waals surface area contributed by atoms with E-state index in [-0.39, 0.29) is 18.4 Å². The summed E-state index contributed by atoms with van der Waals surface area (Å²) in [4.78, 5) is 28.1. The molecule has 140 valence electrons. The highest BCUT2D eigenvalue weighted by Gasteiger charge is 2.39. The number of amides is 2. The van der Waals surface area contributed by atoms with E-state index in [9.17, 15) is 9.59 Å². The molecule has 0 aromatic carbocycles. The van der Waals surface area contributed by atoms with Crippen molar-refractivity contribution in [3.8, 4) is 11.5 Å². The molecule has 2 aromatic rings. The van der Waals surface area contributed by atoms with Gasteiger partial charge in [-0.15, -0.1) is 11.3 Å². The number of hydrogen-bond donors (Lipinski definition) is 3. The molecule has 3 rings (SSSR count). The maximum Gasteiger partial charge on any atom is 0.233 e. The Bertz CT molecular complexity index is 779. The maximum atomic E-state index is 12.7. The third-order valence-corrected chi connectivity index (χ3v) is 5.23. The first-order chi connectivity index (χ1) is 12.5. The van der Waals surface area contributed by atoms with Gasteiger partial charge >= 0.3 is 0 Å². The van der Waals surface area contributed by atoms with Gasteiger partial charge in [-0.1, -0.05) is 0 Å². The molecule has 1 saturated heterocycles. The van der Waals surface area contributed by atoms with Gasteiger partial charge in [0.2, 0.25) is 11.8 Å². The summed E-state index contributed by atoms with van der Waals surface area (Å²) < 4.78 is 11.0. The molecule has 0 saturated carbocycles. The van der Waals surface area contributed by atoms with Crippen LogP contribution in [0.1, 0.15) is 25.5 Å². The SMILES string of the molecule is CC(=O)NCc1ccc(-c2csc(NC(=O)C3(CN)CCOCC3)n2)o1. The Balaban J connectivity index is 1.66. The molecular formula is C17H22N4O4S. The number of carbonyl (C=O) groups is 2. The monoisotopic (exact) mass is 378 g/mol. The van der Waals surface area contributed by atoms with Gasteiger partial charge in [0.15, 0.2) is 10.9 Å². The molecule has 0 radical (unpaired) electrons. The number of furan rings is 1. The quantitative estimate of drug-likeness (QED) is 0.704. The molecule has 1 fully saturated rings. The van der Waals surface area contributed by atoms with Gasteiger partial charge in [0.05, 0.1) is 12.0 Å².